The number of hydrogen-bond donors (Lipinski definition) is 2. The van der Waals surface area contributed by atoms with Gasteiger partial charge in [-0.3, -0.25) is 4.79 Å². The molecule has 4 nitrogen and oxygen atoms in total. The van der Waals surface area contributed by atoms with Crippen molar-refractivity contribution in [1.29, 1.82) is 0 Å². The predicted octanol–water partition coefficient (Wildman–Crippen LogP) is 4.49. The number of carbonyl (C=O) groups is 1. The Morgan fingerprint density at radius 1 is 1.33 bits per heavy atom. The van der Waals surface area contributed by atoms with E-state index in [1.165, 1.54) is 17.3 Å². The summed E-state index contributed by atoms with van der Waals surface area (Å²) in [6.07, 6.45) is 0. The molecule has 0 saturated heterocycles. The highest BCUT2D eigenvalue weighted by Crippen LogP contribution is 2.21. The number of carbonyl (C=O) groups excluding carboxylic acids is 1. The van der Waals surface area contributed by atoms with Crippen LogP contribution < -0.4 is 5.32 Å². The minimum atomic E-state index is -0.0878. The summed E-state index contributed by atoms with van der Waals surface area (Å²) in [6, 6.07) is 13.5. The summed E-state index contributed by atoms with van der Waals surface area (Å²) in [7, 11) is 0. The lowest BCUT2D eigenvalue weighted by Gasteiger charge is -2.14. The van der Waals surface area contributed by atoms with Crippen LogP contribution in [-0.4, -0.2) is 21.6 Å². The molecular weight excluding hydrogens is 342 g/mol. The van der Waals surface area contributed by atoms with Gasteiger partial charge in [0.25, 0.3) is 0 Å². The van der Waals surface area contributed by atoms with Crippen LogP contribution in [0.1, 0.15) is 24.1 Å². The molecule has 0 saturated carbocycles. The number of halogens is 1. The van der Waals surface area contributed by atoms with Crippen molar-refractivity contribution in [3.8, 4) is 0 Å². The minimum absolute atomic E-state index is 0.0379. The molecule has 0 bridgehead atoms. The zero-order valence-electron chi connectivity index (χ0n) is 13.5. The Bertz CT molecular complexity index is 878. The molecule has 24 heavy (non-hydrogen) atoms. The molecule has 0 aliphatic carbocycles. The molecule has 0 fully saturated rings. The maximum Gasteiger partial charge on any atom is 0.230 e. The predicted molar refractivity (Wildman–Crippen MR) is 99.6 cm³/mol. The third-order valence-corrected chi connectivity index (χ3v) is 4.79. The molecule has 124 valence electrons. The first-order valence-electron chi connectivity index (χ1n) is 7.65. The van der Waals surface area contributed by atoms with Gasteiger partial charge in [0, 0.05) is 5.02 Å². The number of benzene rings is 2. The summed E-state index contributed by atoms with van der Waals surface area (Å²) in [5, 5.41) is 4.39. The lowest BCUT2D eigenvalue weighted by atomic mass is 10.1. The summed E-state index contributed by atoms with van der Waals surface area (Å²) >= 11 is 7.38. The fraction of sp³-hybridized carbons (Fsp3) is 0.222. The Kier molecular flexibility index (Phi) is 5.11. The molecule has 2 aromatic carbocycles. The second kappa shape index (κ2) is 7.28. The molecule has 6 heteroatoms. The van der Waals surface area contributed by atoms with Gasteiger partial charge in [-0.2, -0.15) is 0 Å². The monoisotopic (exact) mass is 359 g/mol. The fourth-order valence-electron chi connectivity index (χ4n) is 2.44. The summed E-state index contributed by atoms with van der Waals surface area (Å²) in [5.41, 5.74) is 4.07. The largest absolute Gasteiger partial charge is 0.349 e. The summed E-state index contributed by atoms with van der Waals surface area (Å²) in [6.45, 7) is 3.98. The molecule has 0 spiro atoms. The van der Waals surface area contributed by atoms with E-state index < -0.39 is 0 Å². The molecule has 3 rings (SSSR count). The number of aromatic amines is 1. The number of nitrogens with one attached hydrogen (secondary N) is 2. The number of H-pyrrole nitrogens is 1. The van der Waals surface area contributed by atoms with Crippen LogP contribution >= 0.6 is 23.4 Å². The molecule has 1 atom stereocenters. The number of imidazole rings is 1. The highest BCUT2D eigenvalue weighted by Gasteiger charge is 2.11. The lowest BCUT2D eigenvalue weighted by Crippen LogP contribution is -2.28. The van der Waals surface area contributed by atoms with Gasteiger partial charge in [0.1, 0.15) is 0 Å². The van der Waals surface area contributed by atoms with Crippen molar-refractivity contribution in [2.75, 3.05) is 5.75 Å². The van der Waals surface area contributed by atoms with Crippen LogP contribution in [0.15, 0.2) is 47.6 Å². The van der Waals surface area contributed by atoms with Gasteiger partial charge in [-0.05, 0) is 49.2 Å². The van der Waals surface area contributed by atoms with E-state index in [4.69, 9.17) is 11.6 Å². The van der Waals surface area contributed by atoms with Crippen LogP contribution in [0.25, 0.3) is 11.0 Å². The molecule has 0 radical (unpaired) electrons. The molecule has 2 N–H and O–H groups in total. The summed E-state index contributed by atoms with van der Waals surface area (Å²) in [4.78, 5) is 19.9. The van der Waals surface area contributed by atoms with E-state index in [0.717, 1.165) is 21.8 Å². The van der Waals surface area contributed by atoms with E-state index in [1.54, 1.807) is 0 Å². The van der Waals surface area contributed by atoms with E-state index in [9.17, 15) is 4.79 Å². The number of nitrogens with zero attached hydrogens (tertiary/aromatic N) is 1. The van der Waals surface area contributed by atoms with Crippen LogP contribution in [0, 0.1) is 6.92 Å². The molecule has 1 amide bonds. The molecule has 0 aliphatic heterocycles. The molecule has 3 aromatic rings. The number of thioether (sulfide) groups is 1. The SMILES string of the molecule is Cc1ccc2nc(SCC(=O)NC(C)c3cccc(Cl)c3)[nH]c2c1. The highest BCUT2D eigenvalue weighted by molar-refractivity contribution is 7.99. The van der Waals surface area contributed by atoms with E-state index in [0.29, 0.717) is 10.8 Å². The average Bonchev–Trinajstić information content (AvgIpc) is 2.95. The number of rotatable bonds is 5. The van der Waals surface area contributed by atoms with Crippen molar-refractivity contribution in [3.63, 3.8) is 0 Å². The van der Waals surface area contributed by atoms with Crippen LogP contribution in [0.3, 0.4) is 0 Å². The van der Waals surface area contributed by atoms with Gasteiger partial charge in [-0.1, -0.05) is 41.6 Å². The van der Waals surface area contributed by atoms with Gasteiger partial charge in [0.05, 0.1) is 22.8 Å². The molecule has 0 aliphatic rings. The first-order chi connectivity index (χ1) is 11.5. The van der Waals surface area contributed by atoms with Crippen molar-refractivity contribution in [1.82, 2.24) is 15.3 Å². The van der Waals surface area contributed by atoms with Crippen LogP contribution in [0.4, 0.5) is 0 Å². The van der Waals surface area contributed by atoms with Crippen molar-refractivity contribution in [3.05, 3.63) is 58.6 Å². The van der Waals surface area contributed by atoms with Crippen LogP contribution in [0.5, 0.6) is 0 Å². The Hall–Kier alpha value is -1.98. The van der Waals surface area contributed by atoms with Crippen molar-refractivity contribution < 1.29 is 4.79 Å². The van der Waals surface area contributed by atoms with Crippen molar-refractivity contribution in [2.45, 2.75) is 25.0 Å². The fourth-order valence-corrected chi connectivity index (χ4v) is 3.34. The van der Waals surface area contributed by atoms with Gasteiger partial charge in [0.15, 0.2) is 5.16 Å². The Morgan fingerprint density at radius 2 is 2.17 bits per heavy atom. The van der Waals surface area contributed by atoms with E-state index >= 15 is 0 Å². The van der Waals surface area contributed by atoms with E-state index in [-0.39, 0.29) is 11.9 Å². The normalized spacial score (nSPS) is 12.3. The van der Waals surface area contributed by atoms with Gasteiger partial charge in [-0.15, -0.1) is 0 Å². The van der Waals surface area contributed by atoms with E-state index in [1.807, 2.05) is 56.3 Å². The smallest absolute Gasteiger partial charge is 0.230 e. The maximum absolute atomic E-state index is 12.1. The van der Waals surface area contributed by atoms with Crippen molar-refractivity contribution in [2.24, 2.45) is 0 Å². The van der Waals surface area contributed by atoms with Gasteiger partial charge in [0.2, 0.25) is 5.91 Å². The van der Waals surface area contributed by atoms with Gasteiger partial charge >= 0.3 is 0 Å². The molecule has 1 unspecified atom stereocenters. The zero-order valence-corrected chi connectivity index (χ0v) is 15.0. The first-order valence-corrected chi connectivity index (χ1v) is 9.01. The quantitative estimate of drug-likeness (QED) is 0.660. The van der Waals surface area contributed by atoms with Crippen molar-refractivity contribution >= 4 is 40.3 Å². The number of fused-ring (bicyclic) bond motifs is 1. The standard InChI is InChI=1S/C18H18ClN3OS/c1-11-6-7-15-16(8-11)22-18(21-15)24-10-17(23)20-12(2)13-4-3-5-14(19)9-13/h3-9,12H,10H2,1-2H3,(H,20,23)(H,21,22). The number of aromatic nitrogens is 2. The minimum Gasteiger partial charge on any atom is -0.349 e. The Labute approximate surface area is 150 Å². The number of hydrogen-bond acceptors (Lipinski definition) is 3. The molecule has 1 heterocycles. The summed E-state index contributed by atoms with van der Waals surface area (Å²) < 4.78 is 0. The second-order valence-corrected chi connectivity index (χ2v) is 7.10. The first kappa shape index (κ1) is 16.9. The molecule has 1 aromatic heterocycles. The highest BCUT2D eigenvalue weighted by atomic mass is 35.5. The number of aryl methyl sites for hydroxylation is 1. The average molecular weight is 360 g/mol. The topological polar surface area (TPSA) is 57.8 Å². The van der Waals surface area contributed by atoms with Crippen LogP contribution in [0.2, 0.25) is 5.02 Å². The molecular formula is C18H18ClN3OS. The third-order valence-electron chi connectivity index (χ3n) is 3.68. The maximum atomic E-state index is 12.1. The lowest BCUT2D eigenvalue weighted by molar-refractivity contribution is -0.119. The third kappa shape index (κ3) is 4.10. The van der Waals surface area contributed by atoms with E-state index in [2.05, 4.69) is 15.3 Å². The Morgan fingerprint density at radius 3 is 2.96 bits per heavy atom. The van der Waals surface area contributed by atoms with Crippen LogP contribution in [-0.2, 0) is 4.79 Å². The van der Waals surface area contributed by atoms with Gasteiger partial charge in [-0.25, -0.2) is 4.98 Å². The second-order valence-electron chi connectivity index (χ2n) is 5.70. The zero-order chi connectivity index (χ0) is 17.1. The van der Waals surface area contributed by atoms with Gasteiger partial charge < -0.3 is 10.3 Å². The number of amides is 1. The Balaban J connectivity index is 1.58. The summed E-state index contributed by atoms with van der Waals surface area (Å²) in [5.74, 6) is 0.271.